The van der Waals surface area contributed by atoms with Crippen LogP contribution in [-0.4, -0.2) is 69.0 Å². The van der Waals surface area contributed by atoms with Gasteiger partial charge in [0.1, 0.15) is 5.78 Å². The van der Waals surface area contributed by atoms with E-state index < -0.39 is 11.9 Å². The van der Waals surface area contributed by atoms with Crippen LogP contribution in [0.4, 0.5) is 0 Å². The number of rotatable bonds is 14. The van der Waals surface area contributed by atoms with Crippen LogP contribution in [0.3, 0.4) is 0 Å². The largest absolute Gasteiger partial charge is 0.478 e. The molecule has 126 valence electrons. The number of carbonyl (C=O) groups is 3. The van der Waals surface area contributed by atoms with Gasteiger partial charge < -0.3 is 24.6 Å². The molecule has 0 aromatic carbocycles. The third kappa shape index (κ3) is 16.3. The van der Waals surface area contributed by atoms with Gasteiger partial charge in [0.2, 0.25) is 5.91 Å². The van der Waals surface area contributed by atoms with Gasteiger partial charge in [0.05, 0.1) is 39.6 Å². The summed E-state index contributed by atoms with van der Waals surface area (Å²) in [5, 5.41) is 10.8. The van der Waals surface area contributed by atoms with Gasteiger partial charge >= 0.3 is 5.97 Å². The first-order valence-corrected chi connectivity index (χ1v) is 6.94. The molecule has 0 aliphatic heterocycles. The predicted molar refractivity (Wildman–Crippen MR) is 77.5 cm³/mol. The van der Waals surface area contributed by atoms with Crippen molar-refractivity contribution in [3.8, 4) is 0 Å². The topological polar surface area (TPSA) is 111 Å². The molecule has 0 spiro atoms. The molecule has 0 rings (SSSR count). The molecule has 0 fully saturated rings. The standard InChI is InChI=1S/C14H23NO7/c1-12(16)4-6-20-8-10-22-11-9-21-7-5-15-13(17)2-3-14(18)19/h2-3H,4-11H2,1H3,(H,15,17)(H,18,19)/b3-2-. The minimum Gasteiger partial charge on any atom is -0.478 e. The molecule has 0 bridgehead atoms. The van der Waals surface area contributed by atoms with E-state index in [1.54, 1.807) is 0 Å². The molecular formula is C14H23NO7. The van der Waals surface area contributed by atoms with Crippen LogP contribution >= 0.6 is 0 Å². The molecule has 0 aliphatic rings. The molecule has 0 aromatic rings. The van der Waals surface area contributed by atoms with Crippen LogP contribution in [0.1, 0.15) is 13.3 Å². The zero-order valence-corrected chi connectivity index (χ0v) is 12.7. The van der Waals surface area contributed by atoms with Gasteiger partial charge in [-0.1, -0.05) is 0 Å². The van der Waals surface area contributed by atoms with Crippen LogP contribution < -0.4 is 5.32 Å². The van der Waals surface area contributed by atoms with Crippen LogP contribution in [0.5, 0.6) is 0 Å². The maximum Gasteiger partial charge on any atom is 0.328 e. The summed E-state index contributed by atoms with van der Waals surface area (Å²) in [6, 6.07) is 0. The van der Waals surface area contributed by atoms with Crippen molar-refractivity contribution in [2.45, 2.75) is 13.3 Å². The Morgan fingerprint density at radius 1 is 0.909 bits per heavy atom. The van der Waals surface area contributed by atoms with Crippen molar-refractivity contribution in [3.63, 3.8) is 0 Å². The zero-order valence-electron chi connectivity index (χ0n) is 12.7. The number of carboxylic acids is 1. The van der Waals surface area contributed by atoms with Gasteiger partial charge in [-0.15, -0.1) is 0 Å². The number of hydrogen-bond donors (Lipinski definition) is 2. The molecule has 8 heteroatoms. The van der Waals surface area contributed by atoms with Crippen molar-refractivity contribution in [2.75, 3.05) is 46.2 Å². The highest BCUT2D eigenvalue weighted by Gasteiger charge is 1.97. The molecule has 1 amide bonds. The second-order valence-electron chi connectivity index (χ2n) is 4.25. The Morgan fingerprint density at radius 2 is 1.45 bits per heavy atom. The van der Waals surface area contributed by atoms with Crippen molar-refractivity contribution < 1.29 is 33.7 Å². The Kier molecular flexibility index (Phi) is 13.0. The van der Waals surface area contributed by atoms with Gasteiger partial charge in [-0.25, -0.2) is 4.79 Å². The molecule has 8 nitrogen and oxygen atoms in total. The van der Waals surface area contributed by atoms with E-state index in [4.69, 9.17) is 19.3 Å². The van der Waals surface area contributed by atoms with Gasteiger partial charge in [0.15, 0.2) is 0 Å². The van der Waals surface area contributed by atoms with E-state index in [2.05, 4.69) is 5.32 Å². The lowest BCUT2D eigenvalue weighted by Gasteiger charge is -2.06. The Bertz CT molecular complexity index is 368. The summed E-state index contributed by atoms with van der Waals surface area (Å²) >= 11 is 0. The van der Waals surface area contributed by atoms with Gasteiger partial charge in [0.25, 0.3) is 0 Å². The first-order valence-electron chi connectivity index (χ1n) is 6.94. The maximum atomic E-state index is 11.1. The number of carboxylic acid groups (broad SMARTS) is 1. The second kappa shape index (κ2) is 14.2. The van der Waals surface area contributed by atoms with E-state index in [1.165, 1.54) is 6.92 Å². The number of aliphatic carboxylic acids is 1. The first kappa shape index (κ1) is 20.2. The third-order valence-electron chi connectivity index (χ3n) is 2.27. The zero-order chi connectivity index (χ0) is 16.6. The average Bonchev–Trinajstić information content (AvgIpc) is 2.45. The maximum absolute atomic E-state index is 11.1. The fraction of sp³-hybridized carbons (Fsp3) is 0.643. The van der Waals surface area contributed by atoms with Crippen molar-refractivity contribution in [3.05, 3.63) is 12.2 Å². The number of ketones is 1. The van der Waals surface area contributed by atoms with Crippen LogP contribution in [0.15, 0.2) is 12.2 Å². The molecule has 0 radical (unpaired) electrons. The molecule has 22 heavy (non-hydrogen) atoms. The molecular weight excluding hydrogens is 294 g/mol. The molecule has 0 aromatic heterocycles. The van der Waals surface area contributed by atoms with E-state index in [1.807, 2.05) is 0 Å². The summed E-state index contributed by atoms with van der Waals surface area (Å²) in [7, 11) is 0. The highest BCUT2D eigenvalue weighted by Crippen LogP contribution is 1.85. The normalized spacial score (nSPS) is 10.8. The van der Waals surface area contributed by atoms with E-state index >= 15 is 0 Å². The third-order valence-corrected chi connectivity index (χ3v) is 2.27. The van der Waals surface area contributed by atoms with E-state index in [0.29, 0.717) is 46.1 Å². The summed E-state index contributed by atoms with van der Waals surface area (Å²) in [6.45, 7) is 4.17. The number of hydrogen-bond acceptors (Lipinski definition) is 6. The first-order chi connectivity index (χ1) is 10.5. The monoisotopic (exact) mass is 317 g/mol. The number of Topliss-reactive ketones (excluding diaryl/α,β-unsaturated/α-hetero) is 1. The van der Waals surface area contributed by atoms with E-state index in [0.717, 1.165) is 12.2 Å². The van der Waals surface area contributed by atoms with Crippen LogP contribution in [-0.2, 0) is 28.6 Å². The van der Waals surface area contributed by atoms with Crippen molar-refractivity contribution in [1.29, 1.82) is 0 Å². The Hall–Kier alpha value is -1.77. The molecule has 2 N–H and O–H groups in total. The minimum absolute atomic E-state index is 0.0971. The van der Waals surface area contributed by atoms with Gasteiger partial charge in [-0.3, -0.25) is 9.59 Å². The molecule has 0 aliphatic carbocycles. The number of ether oxygens (including phenoxy) is 3. The number of carbonyl (C=O) groups excluding carboxylic acids is 2. The molecule has 0 heterocycles. The summed E-state index contributed by atoms with van der Waals surface area (Å²) < 4.78 is 15.6. The lowest BCUT2D eigenvalue weighted by atomic mass is 10.3. The van der Waals surface area contributed by atoms with Crippen molar-refractivity contribution in [1.82, 2.24) is 5.32 Å². The SMILES string of the molecule is CC(=O)CCOCCOCCOCCNC(=O)/C=C\C(=O)O. The summed E-state index contributed by atoms with van der Waals surface area (Å²) in [4.78, 5) is 31.9. The number of amides is 1. The summed E-state index contributed by atoms with van der Waals surface area (Å²) in [5.41, 5.74) is 0. The van der Waals surface area contributed by atoms with Crippen molar-refractivity contribution in [2.24, 2.45) is 0 Å². The fourth-order valence-electron chi connectivity index (χ4n) is 1.21. The lowest BCUT2D eigenvalue weighted by Crippen LogP contribution is -2.26. The van der Waals surface area contributed by atoms with Gasteiger partial charge in [0, 0.05) is 25.1 Å². The lowest BCUT2D eigenvalue weighted by molar-refractivity contribution is -0.131. The highest BCUT2D eigenvalue weighted by atomic mass is 16.5. The second-order valence-corrected chi connectivity index (χ2v) is 4.25. The minimum atomic E-state index is -1.17. The van der Waals surface area contributed by atoms with Crippen molar-refractivity contribution >= 4 is 17.7 Å². The molecule has 0 atom stereocenters. The van der Waals surface area contributed by atoms with Gasteiger partial charge in [-0.2, -0.15) is 0 Å². The van der Waals surface area contributed by atoms with Crippen LogP contribution in [0.2, 0.25) is 0 Å². The van der Waals surface area contributed by atoms with Gasteiger partial charge in [-0.05, 0) is 6.92 Å². The summed E-state index contributed by atoms with van der Waals surface area (Å²) in [5.74, 6) is -1.56. The average molecular weight is 317 g/mol. The highest BCUT2D eigenvalue weighted by molar-refractivity contribution is 5.93. The Morgan fingerprint density at radius 3 is 2.00 bits per heavy atom. The molecule has 0 saturated carbocycles. The Labute approximate surface area is 129 Å². The van der Waals surface area contributed by atoms with Crippen LogP contribution in [0.25, 0.3) is 0 Å². The Balaban J connectivity index is 3.22. The summed E-state index contributed by atoms with van der Waals surface area (Å²) in [6.07, 6.45) is 2.12. The van der Waals surface area contributed by atoms with E-state index in [-0.39, 0.29) is 12.3 Å². The predicted octanol–water partition coefficient (Wildman–Crippen LogP) is -0.228. The van der Waals surface area contributed by atoms with Crippen LogP contribution in [0, 0.1) is 0 Å². The number of nitrogens with one attached hydrogen (secondary N) is 1. The fourth-order valence-corrected chi connectivity index (χ4v) is 1.21. The van der Waals surface area contributed by atoms with E-state index in [9.17, 15) is 14.4 Å². The molecule has 0 saturated heterocycles. The smallest absolute Gasteiger partial charge is 0.328 e. The quantitative estimate of drug-likeness (QED) is 0.336. The molecule has 0 unspecified atom stereocenters.